The molecule has 302 valence electrons. The van der Waals surface area contributed by atoms with E-state index in [9.17, 15) is 24.0 Å². The number of azo groups is 2. The zero-order chi connectivity index (χ0) is 42.1. The van der Waals surface area contributed by atoms with Crippen molar-refractivity contribution < 1.29 is 33.4 Å². The minimum atomic E-state index is -0.745. The van der Waals surface area contributed by atoms with Gasteiger partial charge in [-0.15, -0.1) is 20.5 Å². The molecule has 0 aliphatic heterocycles. The highest BCUT2D eigenvalue weighted by Crippen LogP contribution is 2.34. The molecule has 0 atom stereocenters. The van der Waals surface area contributed by atoms with Gasteiger partial charge < -0.3 is 53.7 Å². The van der Waals surface area contributed by atoms with Gasteiger partial charge >= 0.3 is 11.9 Å². The van der Waals surface area contributed by atoms with Crippen molar-refractivity contribution >= 4 is 81.4 Å². The lowest BCUT2D eigenvalue weighted by Crippen LogP contribution is -2.33. The van der Waals surface area contributed by atoms with Gasteiger partial charge in [-0.1, -0.05) is 30.3 Å². The molecule has 0 fully saturated rings. The van der Waals surface area contributed by atoms with Crippen LogP contribution in [0.2, 0.25) is 0 Å². The van der Waals surface area contributed by atoms with Crippen LogP contribution in [0, 0.1) is 0 Å². The molecule has 2 heterocycles. The number of aromatic nitrogens is 2. The number of para-hydroxylation sites is 1. The minimum absolute atomic E-state index is 0.00313. The number of ether oxygens (including phenoxy) is 2. The molecule has 0 saturated heterocycles. The quantitative estimate of drug-likeness (QED) is 0.0374. The number of hydrogen-bond acceptors (Lipinski definition) is 18. The van der Waals surface area contributed by atoms with Crippen LogP contribution in [0.4, 0.5) is 51.7 Å². The van der Waals surface area contributed by atoms with E-state index in [2.05, 4.69) is 51.7 Å². The first-order chi connectivity index (χ1) is 28.5. The Balaban J connectivity index is 1.21. The monoisotopic (exact) mass is 802 g/mol. The van der Waals surface area contributed by atoms with Gasteiger partial charge in [0.1, 0.15) is 40.9 Å². The Hall–Kier alpha value is -8.17. The van der Waals surface area contributed by atoms with E-state index in [0.717, 1.165) is 0 Å². The van der Waals surface area contributed by atoms with Crippen molar-refractivity contribution in [2.75, 3.05) is 53.6 Å². The Bertz CT molecular complexity index is 2390. The van der Waals surface area contributed by atoms with Crippen LogP contribution < -0.4 is 53.7 Å². The fraction of sp³-hybridized carbons (Fsp3) is 0.132. The van der Waals surface area contributed by atoms with Crippen molar-refractivity contribution in [3.05, 3.63) is 103 Å². The van der Waals surface area contributed by atoms with Crippen LogP contribution in [-0.4, -0.2) is 65.8 Å². The summed E-state index contributed by atoms with van der Waals surface area (Å²) in [7, 11) is 0. The maximum Gasteiger partial charge on any atom is 0.330 e. The number of nitrogens with zero attached hydrogens (tertiary/aromatic N) is 6. The Morgan fingerprint density at radius 2 is 1.17 bits per heavy atom. The molecule has 0 spiro atoms. The summed E-state index contributed by atoms with van der Waals surface area (Å²) >= 11 is 0. The molecule has 0 aliphatic carbocycles. The normalized spacial score (nSPS) is 10.9. The van der Waals surface area contributed by atoms with E-state index in [1.54, 1.807) is 48.5 Å². The van der Waals surface area contributed by atoms with Crippen molar-refractivity contribution in [2.24, 2.45) is 31.9 Å². The largest absolute Gasteiger partial charge is 0.423 e. The summed E-state index contributed by atoms with van der Waals surface area (Å²) in [4.78, 5) is 69.6. The predicted octanol–water partition coefficient (Wildman–Crippen LogP) is 4.01. The van der Waals surface area contributed by atoms with Gasteiger partial charge in [-0.05, 0) is 66.7 Å². The molecule has 0 aliphatic rings. The number of nitrogen functional groups attached to an aromatic ring is 2. The number of amides is 3. The topological polar surface area (TPSA) is 331 Å². The SMILES string of the molecule is NCCC(=O)Nc1ccc(N=Nc2ccccc2OC(=O)CNc2ccc(OC(=O)CN)c(N=Nc3ccc(NC(=O)CNC(=O)c4ccccc4)nc3N)c2)c(N)n1. The lowest BCUT2D eigenvalue weighted by Gasteiger charge is -2.11. The van der Waals surface area contributed by atoms with Gasteiger partial charge in [0.2, 0.25) is 11.8 Å². The molecule has 0 radical (unpaired) electrons. The first kappa shape index (κ1) is 42.0. The Morgan fingerprint density at radius 3 is 1.81 bits per heavy atom. The Morgan fingerprint density at radius 1 is 0.593 bits per heavy atom. The van der Waals surface area contributed by atoms with Crippen LogP contribution >= 0.6 is 0 Å². The number of rotatable bonds is 17. The number of nitrogens with one attached hydrogen (secondary N) is 4. The second-order valence-corrected chi connectivity index (χ2v) is 11.9. The summed E-state index contributed by atoms with van der Waals surface area (Å²) in [5.41, 5.74) is 24.3. The van der Waals surface area contributed by atoms with Gasteiger partial charge in [0, 0.05) is 24.2 Å². The lowest BCUT2D eigenvalue weighted by molar-refractivity contribution is -0.133. The van der Waals surface area contributed by atoms with Crippen LogP contribution in [-0.2, 0) is 19.2 Å². The number of carbonyl (C=O) groups is 5. The average Bonchev–Trinajstić information content (AvgIpc) is 3.23. The van der Waals surface area contributed by atoms with Crippen molar-refractivity contribution in [2.45, 2.75) is 6.42 Å². The van der Waals surface area contributed by atoms with Crippen LogP contribution in [0.3, 0.4) is 0 Å². The molecular formula is C38H38N14O7. The number of nitrogens with two attached hydrogens (primary N) is 4. The molecule has 21 nitrogen and oxygen atoms in total. The predicted molar refractivity (Wildman–Crippen MR) is 217 cm³/mol. The smallest absolute Gasteiger partial charge is 0.330 e. The zero-order valence-corrected chi connectivity index (χ0v) is 31.1. The van der Waals surface area contributed by atoms with E-state index in [0.29, 0.717) is 11.3 Å². The Labute approximate surface area is 335 Å². The fourth-order valence-electron chi connectivity index (χ4n) is 4.75. The highest BCUT2D eigenvalue weighted by molar-refractivity contribution is 5.99. The molecule has 0 unspecified atom stereocenters. The van der Waals surface area contributed by atoms with Crippen molar-refractivity contribution in [1.82, 2.24) is 15.3 Å². The van der Waals surface area contributed by atoms with Crippen LogP contribution in [0.1, 0.15) is 16.8 Å². The molecular weight excluding hydrogens is 765 g/mol. The summed E-state index contributed by atoms with van der Waals surface area (Å²) in [6, 6.07) is 25.1. The van der Waals surface area contributed by atoms with E-state index in [1.807, 2.05) is 0 Å². The standard InChI is InChI=1S/C38H38N14O7/c39-17-16-32(53)45-30-14-11-25(36(41)47-30)50-49-24-8-4-5-9-28(24)59-35(56)21-43-23-10-13-29(58-34(55)19-40)27(18-23)52-51-26-12-15-31(48-37(26)42)46-33(54)20-44-38(57)22-6-2-1-3-7-22/h1-15,18,43H,16-17,19-21,39-40H2,(H,44,57)(H3,41,45,47,53)(H3,42,46,48,54). The molecule has 21 heteroatoms. The second-order valence-electron chi connectivity index (χ2n) is 11.9. The van der Waals surface area contributed by atoms with E-state index in [-0.39, 0.29) is 89.5 Å². The fourth-order valence-corrected chi connectivity index (χ4v) is 4.75. The van der Waals surface area contributed by atoms with Gasteiger partial charge in [-0.3, -0.25) is 19.2 Å². The van der Waals surface area contributed by atoms with Gasteiger partial charge in [0.15, 0.2) is 23.1 Å². The number of pyridine rings is 2. The lowest BCUT2D eigenvalue weighted by atomic mass is 10.2. The average molecular weight is 803 g/mol. The highest BCUT2D eigenvalue weighted by atomic mass is 16.5. The van der Waals surface area contributed by atoms with Gasteiger partial charge in [-0.25, -0.2) is 14.8 Å². The molecule has 0 saturated carbocycles. The summed E-state index contributed by atoms with van der Waals surface area (Å²) in [6.45, 7) is -0.858. The number of anilines is 5. The van der Waals surface area contributed by atoms with Gasteiger partial charge in [0.25, 0.3) is 5.91 Å². The molecule has 5 rings (SSSR count). The number of benzene rings is 3. The van der Waals surface area contributed by atoms with E-state index >= 15 is 0 Å². The second kappa shape index (κ2) is 20.7. The van der Waals surface area contributed by atoms with Crippen molar-refractivity contribution in [3.63, 3.8) is 0 Å². The van der Waals surface area contributed by atoms with E-state index in [4.69, 9.17) is 32.4 Å². The molecule has 3 aromatic carbocycles. The van der Waals surface area contributed by atoms with Crippen LogP contribution in [0.5, 0.6) is 11.5 Å². The van der Waals surface area contributed by atoms with E-state index in [1.165, 1.54) is 48.5 Å². The summed E-state index contributed by atoms with van der Waals surface area (Å²) in [5.74, 6) is -2.38. The zero-order valence-electron chi connectivity index (χ0n) is 31.1. The molecule has 0 bridgehead atoms. The van der Waals surface area contributed by atoms with Crippen LogP contribution in [0.25, 0.3) is 0 Å². The third kappa shape index (κ3) is 12.7. The minimum Gasteiger partial charge on any atom is -0.423 e. The van der Waals surface area contributed by atoms with Crippen molar-refractivity contribution in [3.8, 4) is 11.5 Å². The maximum absolute atomic E-state index is 12.9. The summed E-state index contributed by atoms with van der Waals surface area (Å²) in [6.07, 6.45) is 0.122. The van der Waals surface area contributed by atoms with Crippen LogP contribution in [0.15, 0.2) is 118 Å². The Kier molecular flexibility index (Phi) is 14.7. The third-order valence-electron chi connectivity index (χ3n) is 7.56. The first-order valence-corrected chi connectivity index (χ1v) is 17.6. The first-order valence-electron chi connectivity index (χ1n) is 17.6. The highest BCUT2D eigenvalue weighted by Gasteiger charge is 2.14. The summed E-state index contributed by atoms with van der Waals surface area (Å²) in [5, 5.41) is 27.1. The molecule has 5 aromatic rings. The molecule has 59 heavy (non-hydrogen) atoms. The van der Waals surface area contributed by atoms with E-state index < -0.39 is 30.3 Å². The number of esters is 2. The van der Waals surface area contributed by atoms with Gasteiger partial charge in [-0.2, -0.15) is 0 Å². The van der Waals surface area contributed by atoms with Gasteiger partial charge in [0.05, 0.1) is 13.1 Å². The third-order valence-corrected chi connectivity index (χ3v) is 7.56. The number of carbonyl (C=O) groups excluding carboxylic acids is 5. The number of hydrogen-bond donors (Lipinski definition) is 8. The van der Waals surface area contributed by atoms with Crippen molar-refractivity contribution in [1.29, 1.82) is 0 Å². The maximum atomic E-state index is 12.9. The molecule has 3 amide bonds. The molecule has 2 aromatic heterocycles. The summed E-state index contributed by atoms with van der Waals surface area (Å²) < 4.78 is 10.8. The molecule has 12 N–H and O–H groups in total.